The van der Waals surface area contributed by atoms with Gasteiger partial charge in [0.15, 0.2) is 0 Å². The number of hydrogen-bond donors (Lipinski definition) is 0. The Bertz CT molecular complexity index is 1190. The van der Waals surface area contributed by atoms with E-state index in [4.69, 9.17) is 9.26 Å². The van der Waals surface area contributed by atoms with Crippen molar-refractivity contribution in [3.63, 3.8) is 0 Å². The first-order valence-corrected chi connectivity index (χ1v) is 12.2. The Morgan fingerprint density at radius 1 is 1.19 bits per heavy atom. The molecule has 3 aromatic rings. The second kappa shape index (κ2) is 9.83. The highest BCUT2D eigenvalue weighted by atomic mass is 32.2. The molecule has 32 heavy (non-hydrogen) atoms. The molecule has 9 nitrogen and oxygen atoms in total. The number of rotatable bonds is 10. The van der Waals surface area contributed by atoms with Crippen LogP contribution in [0, 0.1) is 13.8 Å². The standard InChI is InChI=1S/C22H30N4O5S/c1-6-25(7-2)32(28,29)17-9-10-20-19(13-17)23-21(26(20)8-3)11-12-22(27)30-14-18-15(4)24-31-16(18)5/h9-10,13H,6-8,11-12,14H2,1-5H3. The van der Waals surface area contributed by atoms with E-state index < -0.39 is 10.0 Å². The van der Waals surface area contributed by atoms with E-state index in [0.717, 1.165) is 11.1 Å². The maximum Gasteiger partial charge on any atom is 0.306 e. The monoisotopic (exact) mass is 462 g/mol. The van der Waals surface area contributed by atoms with Gasteiger partial charge in [-0.2, -0.15) is 4.31 Å². The summed E-state index contributed by atoms with van der Waals surface area (Å²) in [7, 11) is -3.57. The number of hydrogen-bond acceptors (Lipinski definition) is 7. The number of fused-ring (bicyclic) bond motifs is 1. The van der Waals surface area contributed by atoms with Crippen molar-refractivity contribution in [2.75, 3.05) is 13.1 Å². The Labute approximate surface area is 188 Å². The lowest BCUT2D eigenvalue weighted by molar-refractivity contribution is -0.145. The van der Waals surface area contributed by atoms with E-state index in [0.29, 0.717) is 48.9 Å². The van der Waals surface area contributed by atoms with Gasteiger partial charge < -0.3 is 13.8 Å². The smallest absolute Gasteiger partial charge is 0.306 e. The van der Waals surface area contributed by atoms with E-state index in [1.165, 1.54) is 4.31 Å². The molecule has 0 unspecified atom stereocenters. The van der Waals surface area contributed by atoms with Crippen molar-refractivity contribution in [1.29, 1.82) is 0 Å². The van der Waals surface area contributed by atoms with Crippen LogP contribution in [0.1, 0.15) is 50.0 Å². The van der Waals surface area contributed by atoms with E-state index in [-0.39, 0.29) is 23.9 Å². The van der Waals surface area contributed by atoms with E-state index in [1.54, 1.807) is 32.0 Å². The lowest BCUT2D eigenvalue weighted by atomic mass is 10.2. The molecule has 2 aromatic heterocycles. The van der Waals surface area contributed by atoms with E-state index in [1.807, 2.05) is 25.3 Å². The van der Waals surface area contributed by atoms with Crippen LogP contribution in [0.2, 0.25) is 0 Å². The minimum absolute atomic E-state index is 0.122. The molecule has 0 bridgehead atoms. The van der Waals surface area contributed by atoms with Crippen LogP contribution in [0.15, 0.2) is 27.6 Å². The van der Waals surface area contributed by atoms with Gasteiger partial charge >= 0.3 is 5.97 Å². The lowest BCUT2D eigenvalue weighted by Crippen LogP contribution is -2.30. The second-order valence-electron chi connectivity index (χ2n) is 7.48. The van der Waals surface area contributed by atoms with Gasteiger partial charge in [0.05, 0.1) is 33.6 Å². The molecule has 0 aliphatic carbocycles. The molecule has 1 aromatic carbocycles. The van der Waals surface area contributed by atoms with Crippen molar-refractivity contribution >= 4 is 27.0 Å². The quantitative estimate of drug-likeness (QED) is 0.425. The molecular weight excluding hydrogens is 432 g/mol. The Balaban J connectivity index is 1.76. The summed E-state index contributed by atoms with van der Waals surface area (Å²) in [5.74, 6) is 1.01. The number of sulfonamides is 1. The molecule has 0 radical (unpaired) electrons. The third-order valence-electron chi connectivity index (χ3n) is 5.57. The number of nitrogens with zero attached hydrogens (tertiary/aromatic N) is 4. The largest absolute Gasteiger partial charge is 0.461 e. The summed E-state index contributed by atoms with van der Waals surface area (Å²) >= 11 is 0. The molecule has 0 amide bonds. The van der Waals surface area contributed by atoms with Crippen LogP contribution in [0.3, 0.4) is 0 Å². The van der Waals surface area contributed by atoms with Crippen LogP contribution in [0.5, 0.6) is 0 Å². The Hall–Kier alpha value is -2.72. The molecule has 0 aliphatic rings. The van der Waals surface area contributed by atoms with Gasteiger partial charge in [0.1, 0.15) is 18.2 Å². The molecule has 0 N–H and O–H groups in total. The summed E-state index contributed by atoms with van der Waals surface area (Å²) in [5.41, 5.74) is 2.92. The topological polar surface area (TPSA) is 108 Å². The molecular formula is C22H30N4O5S. The first kappa shape index (κ1) is 23.9. The number of ether oxygens (including phenoxy) is 1. The summed E-state index contributed by atoms with van der Waals surface area (Å²) in [6, 6.07) is 5.00. The number of benzene rings is 1. The predicted molar refractivity (Wildman–Crippen MR) is 120 cm³/mol. The lowest BCUT2D eigenvalue weighted by Gasteiger charge is -2.18. The van der Waals surface area contributed by atoms with Gasteiger partial charge in [-0.25, -0.2) is 13.4 Å². The summed E-state index contributed by atoms with van der Waals surface area (Å²) in [4.78, 5) is 17.1. The molecule has 3 rings (SSSR count). The number of aromatic nitrogens is 3. The SMILES string of the molecule is CCN(CC)S(=O)(=O)c1ccc2c(c1)nc(CCC(=O)OCc1c(C)noc1C)n2CC. The predicted octanol–water partition coefficient (Wildman–Crippen LogP) is 3.37. The van der Waals surface area contributed by atoms with Crippen molar-refractivity contribution in [3.05, 3.63) is 41.0 Å². The first-order chi connectivity index (χ1) is 15.2. The van der Waals surface area contributed by atoms with E-state index >= 15 is 0 Å². The van der Waals surface area contributed by atoms with E-state index in [2.05, 4.69) is 10.1 Å². The molecule has 0 spiro atoms. The highest BCUT2D eigenvalue weighted by Crippen LogP contribution is 2.24. The van der Waals surface area contributed by atoms with Crippen molar-refractivity contribution in [3.8, 4) is 0 Å². The van der Waals surface area contributed by atoms with Gasteiger partial charge in [0.25, 0.3) is 0 Å². The van der Waals surface area contributed by atoms with Crippen LogP contribution >= 0.6 is 0 Å². The third kappa shape index (κ3) is 4.71. The molecule has 0 atom stereocenters. The van der Waals surface area contributed by atoms with Crippen LogP contribution in [-0.2, 0) is 39.1 Å². The van der Waals surface area contributed by atoms with Crippen LogP contribution < -0.4 is 0 Å². The molecule has 0 fully saturated rings. The fraction of sp³-hybridized carbons (Fsp3) is 0.500. The van der Waals surface area contributed by atoms with Gasteiger partial charge in [0, 0.05) is 26.1 Å². The highest BCUT2D eigenvalue weighted by molar-refractivity contribution is 7.89. The minimum Gasteiger partial charge on any atom is -0.461 e. The van der Waals surface area contributed by atoms with Crippen molar-refractivity contribution in [1.82, 2.24) is 19.0 Å². The Kier molecular flexibility index (Phi) is 7.35. The van der Waals surface area contributed by atoms with Crippen LogP contribution in [0.25, 0.3) is 11.0 Å². The van der Waals surface area contributed by atoms with Gasteiger partial charge in [-0.05, 0) is 39.0 Å². The normalized spacial score (nSPS) is 12.1. The average molecular weight is 463 g/mol. The maximum absolute atomic E-state index is 12.9. The summed E-state index contributed by atoms with van der Waals surface area (Å²) in [6.45, 7) is 10.8. The number of carbonyl (C=O) groups excluding carboxylic acids is 1. The van der Waals surface area contributed by atoms with Gasteiger partial charge in [-0.1, -0.05) is 19.0 Å². The third-order valence-corrected chi connectivity index (χ3v) is 7.62. The Morgan fingerprint density at radius 2 is 1.91 bits per heavy atom. The van der Waals surface area contributed by atoms with Crippen LogP contribution in [-0.4, -0.2) is 46.5 Å². The fourth-order valence-corrected chi connectivity index (χ4v) is 5.20. The van der Waals surface area contributed by atoms with Gasteiger partial charge in [0.2, 0.25) is 10.0 Å². The average Bonchev–Trinajstić information content (AvgIpc) is 3.29. The number of aryl methyl sites for hydroxylation is 4. The molecule has 0 saturated carbocycles. The second-order valence-corrected chi connectivity index (χ2v) is 9.41. The van der Waals surface area contributed by atoms with Gasteiger partial charge in [-0.3, -0.25) is 4.79 Å². The van der Waals surface area contributed by atoms with Crippen molar-refractivity contribution in [2.45, 2.75) is 65.5 Å². The zero-order valence-electron chi connectivity index (χ0n) is 19.2. The fourth-order valence-electron chi connectivity index (χ4n) is 3.72. The van der Waals surface area contributed by atoms with Gasteiger partial charge in [-0.15, -0.1) is 0 Å². The minimum atomic E-state index is -3.57. The molecule has 2 heterocycles. The van der Waals surface area contributed by atoms with Crippen molar-refractivity contribution < 1.29 is 22.5 Å². The zero-order chi connectivity index (χ0) is 23.5. The zero-order valence-corrected chi connectivity index (χ0v) is 20.0. The molecule has 0 aliphatic heterocycles. The molecule has 174 valence electrons. The number of carbonyl (C=O) groups is 1. The maximum atomic E-state index is 12.9. The molecule has 0 saturated heterocycles. The van der Waals surface area contributed by atoms with Crippen molar-refractivity contribution in [2.24, 2.45) is 0 Å². The number of esters is 1. The highest BCUT2D eigenvalue weighted by Gasteiger charge is 2.23. The summed E-state index contributed by atoms with van der Waals surface area (Å²) < 4.78 is 39.6. The summed E-state index contributed by atoms with van der Waals surface area (Å²) in [6.07, 6.45) is 0.554. The number of imidazole rings is 1. The van der Waals surface area contributed by atoms with E-state index in [9.17, 15) is 13.2 Å². The Morgan fingerprint density at radius 3 is 2.50 bits per heavy atom. The summed E-state index contributed by atoms with van der Waals surface area (Å²) in [5, 5.41) is 3.86. The van der Waals surface area contributed by atoms with Crippen LogP contribution in [0.4, 0.5) is 0 Å². The first-order valence-electron chi connectivity index (χ1n) is 10.8. The molecule has 10 heteroatoms.